The molecule has 1 saturated heterocycles. The number of amides is 2. The lowest BCUT2D eigenvalue weighted by molar-refractivity contribution is -0.141. The maximum Gasteiger partial charge on any atom is 0.326 e. The molecular formula is C16H20N2O3. The normalized spacial score (nSPS) is 24.8. The molecule has 1 unspecified atom stereocenters. The summed E-state index contributed by atoms with van der Waals surface area (Å²) in [5.41, 5.74) is 2.09. The number of nitrogens with zero attached hydrogens (tertiary/aromatic N) is 2. The highest BCUT2D eigenvalue weighted by molar-refractivity contribution is 5.96. The van der Waals surface area contributed by atoms with Crippen LogP contribution in [0.1, 0.15) is 31.7 Å². The number of carbonyl (C=O) groups excluding carboxylic acids is 1. The van der Waals surface area contributed by atoms with Crippen molar-refractivity contribution < 1.29 is 14.7 Å². The number of likely N-dealkylation sites (tertiary alicyclic amines) is 1. The monoisotopic (exact) mass is 288 g/mol. The van der Waals surface area contributed by atoms with E-state index < -0.39 is 12.0 Å². The highest BCUT2D eigenvalue weighted by Crippen LogP contribution is 2.32. The van der Waals surface area contributed by atoms with E-state index in [4.69, 9.17) is 0 Å². The molecule has 0 bridgehead atoms. The Labute approximate surface area is 124 Å². The third-order valence-electron chi connectivity index (χ3n) is 4.51. The van der Waals surface area contributed by atoms with Crippen molar-refractivity contribution in [2.45, 2.75) is 44.7 Å². The summed E-state index contributed by atoms with van der Waals surface area (Å²) in [5.74, 6) is -0.904. The van der Waals surface area contributed by atoms with Gasteiger partial charge in [0.05, 0.1) is 0 Å². The van der Waals surface area contributed by atoms with E-state index in [1.807, 2.05) is 31.2 Å². The summed E-state index contributed by atoms with van der Waals surface area (Å²) < 4.78 is 0. The number of rotatable bonds is 1. The van der Waals surface area contributed by atoms with Crippen molar-refractivity contribution in [2.24, 2.45) is 0 Å². The van der Waals surface area contributed by atoms with Crippen molar-refractivity contribution in [1.82, 2.24) is 4.90 Å². The van der Waals surface area contributed by atoms with Gasteiger partial charge in [0.15, 0.2) is 0 Å². The molecule has 5 heteroatoms. The molecule has 2 amide bonds. The van der Waals surface area contributed by atoms with E-state index in [1.54, 1.807) is 4.90 Å². The molecule has 0 spiro atoms. The fourth-order valence-corrected chi connectivity index (χ4v) is 3.37. The quantitative estimate of drug-likeness (QED) is 0.863. The van der Waals surface area contributed by atoms with Gasteiger partial charge in [0.25, 0.3) is 0 Å². The van der Waals surface area contributed by atoms with E-state index in [1.165, 1.54) is 4.90 Å². The number of aliphatic carboxylic acids is 1. The molecule has 0 aromatic heterocycles. The van der Waals surface area contributed by atoms with Crippen LogP contribution in [0.4, 0.5) is 10.5 Å². The Morgan fingerprint density at radius 3 is 2.76 bits per heavy atom. The zero-order chi connectivity index (χ0) is 15.0. The van der Waals surface area contributed by atoms with Crippen molar-refractivity contribution >= 4 is 17.7 Å². The number of carbonyl (C=O) groups is 2. The van der Waals surface area contributed by atoms with E-state index in [9.17, 15) is 14.7 Å². The summed E-state index contributed by atoms with van der Waals surface area (Å²) in [4.78, 5) is 27.5. The van der Waals surface area contributed by atoms with Crippen LogP contribution < -0.4 is 4.90 Å². The van der Waals surface area contributed by atoms with E-state index in [-0.39, 0.29) is 12.1 Å². The van der Waals surface area contributed by atoms with Crippen molar-refractivity contribution in [3.63, 3.8) is 0 Å². The zero-order valence-electron chi connectivity index (χ0n) is 12.2. The molecule has 0 aliphatic carbocycles. The molecule has 5 nitrogen and oxygen atoms in total. The van der Waals surface area contributed by atoms with Gasteiger partial charge in [-0.1, -0.05) is 18.2 Å². The second-order valence-electron chi connectivity index (χ2n) is 5.86. The molecule has 112 valence electrons. The lowest BCUT2D eigenvalue weighted by Gasteiger charge is -2.38. The molecule has 0 radical (unpaired) electrons. The van der Waals surface area contributed by atoms with Gasteiger partial charge in [0.2, 0.25) is 0 Å². The first-order valence-electron chi connectivity index (χ1n) is 7.50. The summed E-state index contributed by atoms with van der Waals surface area (Å²) in [5, 5.41) is 9.28. The van der Waals surface area contributed by atoms with Gasteiger partial charge in [-0.25, -0.2) is 9.59 Å². The Bertz CT molecular complexity index is 572. The second-order valence-corrected chi connectivity index (χ2v) is 5.86. The van der Waals surface area contributed by atoms with Crippen LogP contribution >= 0.6 is 0 Å². The predicted molar refractivity (Wildman–Crippen MR) is 79.5 cm³/mol. The van der Waals surface area contributed by atoms with Crippen molar-refractivity contribution in [3.8, 4) is 0 Å². The molecule has 1 aromatic rings. The molecule has 2 aliphatic heterocycles. The van der Waals surface area contributed by atoms with Gasteiger partial charge in [-0.2, -0.15) is 0 Å². The Kier molecular flexibility index (Phi) is 3.57. The molecule has 3 rings (SSSR count). The first-order valence-corrected chi connectivity index (χ1v) is 7.50. The van der Waals surface area contributed by atoms with Gasteiger partial charge in [-0.05, 0) is 44.2 Å². The fraction of sp³-hybridized carbons (Fsp3) is 0.500. The molecule has 0 saturated carbocycles. The van der Waals surface area contributed by atoms with Gasteiger partial charge in [-0.15, -0.1) is 0 Å². The van der Waals surface area contributed by atoms with Crippen LogP contribution in [0.2, 0.25) is 0 Å². The maximum atomic E-state index is 12.9. The fourth-order valence-electron chi connectivity index (χ4n) is 3.37. The molecule has 1 N–H and O–H groups in total. The lowest BCUT2D eigenvalue weighted by atomic mass is 9.97. The van der Waals surface area contributed by atoms with Crippen LogP contribution in [0, 0.1) is 0 Å². The van der Waals surface area contributed by atoms with Crippen LogP contribution in [0.15, 0.2) is 24.3 Å². The summed E-state index contributed by atoms with van der Waals surface area (Å²) in [6.07, 6.45) is 3.18. The van der Waals surface area contributed by atoms with Gasteiger partial charge < -0.3 is 10.0 Å². The van der Waals surface area contributed by atoms with Crippen molar-refractivity contribution in [3.05, 3.63) is 29.8 Å². The molecule has 1 aromatic carbocycles. The van der Waals surface area contributed by atoms with Crippen molar-refractivity contribution in [2.75, 3.05) is 11.4 Å². The molecular weight excluding hydrogens is 268 g/mol. The first-order chi connectivity index (χ1) is 10.1. The SMILES string of the molecule is CC1CCc2ccccc2N1C(=O)N1CCC[C@H]1C(=O)O. The molecule has 2 heterocycles. The Balaban J connectivity index is 1.92. The van der Waals surface area contributed by atoms with Crippen LogP contribution in [-0.4, -0.2) is 40.6 Å². The summed E-state index contributed by atoms with van der Waals surface area (Å²) in [6.45, 7) is 2.56. The van der Waals surface area contributed by atoms with Gasteiger partial charge in [0, 0.05) is 18.3 Å². The Hall–Kier alpha value is -2.04. The van der Waals surface area contributed by atoms with E-state index in [0.29, 0.717) is 13.0 Å². The first kappa shape index (κ1) is 13.9. The predicted octanol–water partition coefficient (Wildman–Crippen LogP) is 2.50. The van der Waals surface area contributed by atoms with Crippen LogP contribution in [0.25, 0.3) is 0 Å². The van der Waals surface area contributed by atoms with E-state index in [2.05, 4.69) is 0 Å². The molecule has 21 heavy (non-hydrogen) atoms. The average molecular weight is 288 g/mol. The lowest BCUT2D eigenvalue weighted by Crippen LogP contribution is -2.52. The number of carboxylic acids is 1. The number of hydrogen-bond donors (Lipinski definition) is 1. The number of urea groups is 1. The van der Waals surface area contributed by atoms with Gasteiger partial charge in [-0.3, -0.25) is 4.90 Å². The van der Waals surface area contributed by atoms with Crippen molar-refractivity contribution in [1.29, 1.82) is 0 Å². The largest absolute Gasteiger partial charge is 0.480 e. The number of hydrogen-bond acceptors (Lipinski definition) is 2. The highest BCUT2D eigenvalue weighted by Gasteiger charge is 2.39. The van der Waals surface area contributed by atoms with Gasteiger partial charge >= 0.3 is 12.0 Å². The van der Waals surface area contributed by atoms with Crippen LogP contribution in [0.3, 0.4) is 0 Å². The number of para-hydroxylation sites is 1. The zero-order valence-corrected chi connectivity index (χ0v) is 12.2. The minimum atomic E-state index is -0.904. The number of aryl methyl sites for hydroxylation is 1. The Morgan fingerprint density at radius 1 is 1.24 bits per heavy atom. The maximum absolute atomic E-state index is 12.9. The smallest absolute Gasteiger partial charge is 0.326 e. The second kappa shape index (κ2) is 5.39. The number of anilines is 1. The van der Waals surface area contributed by atoms with Crippen LogP contribution in [-0.2, 0) is 11.2 Å². The summed E-state index contributed by atoms with van der Waals surface area (Å²) >= 11 is 0. The molecule has 2 atom stereocenters. The minimum absolute atomic E-state index is 0.0995. The van der Waals surface area contributed by atoms with E-state index >= 15 is 0 Å². The Morgan fingerprint density at radius 2 is 2.00 bits per heavy atom. The molecule has 2 aliphatic rings. The average Bonchev–Trinajstić information content (AvgIpc) is 2.96. The number of carboxylic acid groups (broad SMARTS) is 1. The standard InChI is InChI=1S/C16H20N2O3/c1-11-8-9-12-5-2-3-6-13(12)18(11)16(21)17-10-4-7-14(17)15(19)20/h2-3,5-6,11,14H,4,7-10H2,1H3,(H,19,20)/t11?,14-/m0/s1. The van der Waals surface area contributed by atoms with Gasteiger partial charge in [0.1, 0.15) is 6.04 Å². The highest BCUT2D eigenvalue weighted by atomic mass is 16.4. The molecule has 1 fully saturated rings. The minimum Gasteiger partial charge on any atom is -0.480 e. The number of benzene rings is 1. The summed E-state index contributed by atoms with van der Waals surface area (Å²) in [7, 11) is 0. The topological polar surface area (TPSA) is 60.9 Å². The van der Waals surface area contributed by atoms with E-state index in [0.717, 1.165) is 30.5 Å². The van der Waals surface area contributed by atoms with Crippen LogP contribution in [0.5, 0.6) is 0 Å². The summed E-state index contributed by atoms with van der Waals surface area (Å²) in [6, 6.07) is 7.15. The number of fused-ring (bicyclic) bond motifs is 1. The third-order valence-corrected chi connectivity index (χ3v) is 4.51. The third kappa shape index (κ3) is 2.37.